The van der Waals surface area contributed by atoms with Crippen molar-refractivity contribution in [2.75, 3.05) is 6.61 Å². The Kier molecular flexibility index (Phi) is 5.62. The lowest BCUT2D eigenvalue weighted by Gasteiger charge is -2.23. The summed E-state index contributed by atoms with van der Waals surface area (Å²) in [6.07, 6.45) is 6.45. The van der Waals surface area contributed by atoms with E-state index in [0.717, 1.165) is 53.2 Å². The van der Waals surface area contributed by atoms with Crippen LogP contribution in [0.3, 0.4) is 0 Å². The van der Waals surface area contributed by atoms with Crippen LogP contribution in [0.1, 0.15) is 31.1 Å². The minimum Gasteiger partial charge on any atom is -0.439 e. The number of rotatable bonds is 5. The second kappa shape index (κ2) is 9.32. The maximum atomic E-state index is 14.2. The highest BCUT2D eigenvalue weighted by Gasteiger charge is 2.20. The van der Waals surface area contributed by atoms with Crippen molar-refractivity contribution in [3.63, 3.8) is 0 Å². The molecule has 5 heterocycles. The number of benzene rings is 2. The molecule has 1 unspecified atom stereocenters. The molecular formula is C29H25FN6O3. The zero-order valence-corrected chi connectivity index (χ0v) is 21.2. The third kappa shape index (κ3) is 4.04. The van der Waals surface area contributed by atoms with E-state index >= 15 is 0 Å². The van der Waals surface area contributed by atoms with Crippen LogP contribution in [0.2, 0.25) is 0 Å². The lowest BCUT2D eigenvalue weighted by atomic mass is 10.2. The van der Waals surface area contributed by atoms with Gasteiger partial charge in [0, 0.05) is 42.1 Å². The summed E-state index contributed by atoms with van der Waals surface area (Å²) in [4.78, 5) is 18.0. The van der Waals surface area contributed by atoms with Crippen LogP contribution in [0, 0.1) is 5.82 Å². The summed E-state index contributed by atoms with van der Waals surface area (Å²) >= 11 is 0. The molecule has 0 saturated carbocycles. The molecule has 10 heteroatoms. The first-order valence-corrected chi connectivity index (χ1v) is 12.9. The number of nitrogens with zero attached hydrogens (tertiary/aromatic N) is 6. The first-order valence-electron chi connectivity index (χ1n) is 12.9. The smallest absolute Gasteiger partial charge is 0.291 e. The highest BCUT2D eigenvalue weighted by Crippen LogP contribution is 2.32. The van der Waals surface area contributed by atoms with Crippen LogP contribution in [0.4, 0.5) is 4.39 Å². The maximum Gasteiger partial charge on any atom is 0.291 e. The molecule has 1 fully saturated rings. The van der Waals surface area contributed by atoms with Gasteiger partial charge in [0.15, 0.2) is 6.23 Å². The van der Waals surface area contributed by atoms with E-state index in [1.54, 1.807) is 30.6 Å². The van der Waals surface area contributed by atoms with Gasteiger partial charge in [0.25, 0.3) is 5.56 Å². The molecule has 0 radical (unpaired) electrons. The Hall–Kier alpha value is -4.57. The lowest BCUT2D eigenvalue weighted by Crippen LogP contribution is -2.24. The van der Waals surface area contributed by atoms with E-state index < -0.39 is 0 Å². The summed E-state index contributed by atoms with van der Waals surface area (Å²) in [5.41, 5.74) is 3.05. The molecule has 1 aliphatic rings. The minimum absolute atomic E-state index is 0.0505. The van der Waals surface area contributed by atoms with Crippen LogP contribution in [0.25, 0.3) is 32.8 Å². The SMILES string of the molecule is Cn1c2cc(Oc3ccc4c(cnn4C4CCCCO4)n3)ccc2c2cnn(Cc3ccccc3F)c(=O)c21. The molecule has 2 aromatic carbocycles. The summed E-state index contributed by atoms with van der Waals surface area (Å²) in [5.74, 6) is 0.660. The van der Waals surface area contributed by atoms with Crippen molar-refractivity contribution in [3.05, 3.63) is 88.7 Å². The number of halogens is 1. The molecule has 4 aromatic heterocycles. The number of hydrogen-bond acceptors (Lipinski definition) is 6. The Morgan fingerprint density at radius 2 is 1.92 bits per heavy atom. The Bertz CT molecular complexity index is 1920. The average molecular weight is 525 g/mol. The van der Waals surface area contributed by atoms with Crippen molar-refractivity contribution < 1.29 is 13.9 Å². The van der Waals surface area contributed by atoms with E-state index in [0.29, 0.717) is 22.7 Å². The van der Waals surface area contributed by atoms with E-state index in [2.05, 4.69) is 15.2 Å². The van der Waals surface area contributed by atoms with Crippen LogP contribution in [0.5, 0.6) is 11.6 Å². The minimum atomic E-state index is -0.369. The number of pyridine rings is 1. The molecule has 0 amide bonds. The van der Waals surface area contributed by atoms with Crippen molar-refractivity contribution in [1.29, 1.82) is 0 Å². The maximum absolute atomic E-state index is 14.2. The van der Waals surface area contributed by atoms with Crippen molar-refractivity contribution in [3.8, 4) is 11.6 Å². The second-order valence-corrected chi connectivity index (χ2v) is 9.77. The molecule has 0 spiro atoms. The highest BCUT2D eigenvalue weighted by molar-refractivity contribution is 6.07. The molecule has 39 heavy (non-hydrogen) atoms. The number of hydrogen-bond donors (Lipinski definition) is 0. The summed E-state index contributed by atoms with van der Waals surface area (Å²) in [7, 11) is 1.83. The molecule has 0 bridgehead atoms. The summed E-state index contributed by atoms with van der Waals surface area (Å²) in [6, 6.07) is 15.8. The Morgan fingerprint density at radius 3 is 2.77 bits per heavy atom. The number of aryl methyl sites for hydroxylation is 1. The van der Waals surface area contributed by atoms with Crippen molar-refractivity contribution in [2.24, 2.45) is 7.05 Å². The van der Waals surface area contributed by atoms with Crippen molar-refractivity contribution in [1.82, 2.24) is 29.1 Å². The fourth-order valence-corrected chi connectivity index (χ4v) is 5.34. The van der Waals surface area contributed by atoms with Gasteiger partial charge in [0.2, 0.25) is 5.88 Å². The first kappa shape index (κ1) is 23.5. The van der Waals surface area contributed by atoms with Gasteiger partial charge in [-0.2, -0.15) is 10.2 Å². The second-order valence-electron chi connectivity index (χ2n) is 9.77. The van der Waals surface area contributed by atoms with E-state index in [1.807, 2.05) is 46.6 Å². The predicted molar refractivity (Wildman–Crippen MR) is 144 cm³/mol. The normalized spacial score (nSPS) is 15.9. The third-order valence-corrected chi connectivity index (χ3v) is 7.33. The van der Waals surface area contributed by atoms with Crippen LogP contribution in [-0.4, -0.2) is 35.7 Å². The van der Waals surface area contributed by atoms with Crippen LogP contribution < -0.4 is 10.3 Å². The Morgan fingerprint density at radius 1 is 1.03 bits per heavy atom. The van der Waals surface area contributed by atoms with Gasteiger partial charge in [0.1, 0.15) is 22.6 Å². The molecule has 1 saturated heterocycles. The van der Waals surface area contributed by atoms with E-state index in [-0.39, 0.29) is 24.1 Å². The van der Waals surface area contributed by atoms with Gasteiger partial charge in [-0.25, -0.2) is 18.7 Å². The molecular weight excluding hydrogens is 499 g/mol. The lowest BCUT2D eigenvalue weighted by molar-refractivity contribution is -0.0366. The van der Waals surface area contributed by atoms with Crippen molar-refractivity contribution >= 4 is 32.8 Å². The van der Waals surface area contributed by atoms with E-state index in [9.17, 15) is 9.18 Å². The summed E-state index contributed by atoms with van der Waals surface area (Å²) in [5, 5.41) is 10.4. The topological polar surface area (TPSA) is 89.0 Å². The standard InChI is InChI=1S/C29H25FN6O3/c1-34-25-14-19(39-26-12-11-24-23(33-26)16-32-36(24)27-8-4-5-13-38-27)9-10-20(25)21-15-31-35(29(37)28(21)34)17-18-6-2-3-7-22(18)30/h2-3,6-7,9-12,14-16,27H,4-5,8,13,17H2,1H3. The van der Waals surface area contributed by atoms with Gasteiger partial charge in [-0.15, -0.1) is 0 Å². The zero-order chi connectivity index (χ0) is 26.5. The fraction of sp³-hybridized carbons (Fsp3) is 0.241. The van der Waals surface area contributed by atoms with Crippen LogP contribution in [0.15, 0.2) is 71.8 Å². The van der Waals surface area contributed by atoms with Gasteiger partial charge < -0.3 is 14.0 Å². The molecule has 0 aliphatic carbocycles. The molecule has 7 rings (SSSR count). The van der Waals surface area contributed by atoms with Gasteiger partial charge >= 0.3 is 0 Å². The Balaban J connectivity index is 1.21. The summed E-state index contributed by atoms with van der Waals surface area (Å²) in [6.45, 7) is 0.793. The predicted octanol–water partition coefficient (Wildman–Crippen LogP) is 5.31. The fourth-order valence-electron chi connectivity index (χ4n) is 5.34. The zero-order valence-electron chi connectivity index (χ0n) is 21.2. The van der Waals surface area contributed by atoms with Gasteiger partial charge in [-0.1, -0.05) is 18.2 Å². The number of fused-ring (bicyclic) bond motifs is 4. The first-order chi connectivity index (χ1) is 19.1. The van der Waals surface area contributed by atoms with Gasteiger partial charge in [-0.05, 0) is 43.5 Å². The molecule has 1 atom stereocenters. The Labute approximate surface area is 222 Å². The van der Waals surface area contributed by atoms with Crippen LogP contribution in [-0.2, 0) is 18.3 Å². The largest absolute Gasteiger partial charge is 0.439 e. The van der Waals surface area contributed by atoms with Crippen molar-refractivity contribution in [2.45, 2.75) is 32.0 Å². The number of aromatic nitrogens is 6. The molecule has 9 nitrogen and oxygen atoms in total. The molecule has 1 aliphatic heterocycles. The molecule has 196 valence electrons. The van der Waals surface area contributed by atoms with Crippen LogP contribution >= 0.6 is 0 Å². The average Bonchev–Trinajstić information content (AvgIpc) is 3.50. The summed E-state index contributed by atoms with van der Waals surface area (Å²) < 4.78 is 31.2. The highest BCUT2D eigenvalue weighted by atomic mass is 19.1. The quantitative estimate of drug-likeness (QED) is 0.304. The van der Waals surface area contributed by atoms with E-state index in [1.165, 1.54) is 10.7 Å². The molecule has 6 aromatic rings. The van der Waals surface area contributed by atoms with Gasteiger partial charge in [-0.3, -0.25) is 4.79 Å². The molecule has 0 N–H and O–H groups in total. The van der Waals surface area contributed by atoms with E-state index in [4.69, 9.17) is 9.47 Å². The third-order valence-electron chi connectivity index (χ3n) is 7.33. The monoisotopic (exact) mass is 524 g/mol. The number of ether oxygens (including phenoxy) is 2. The van der Waals surface area contributed by atoms with Gasteiger partial charge in [0.05, 0.1) is 30.0 Å².